The third-order valence-electron chi connectivity index (χ3n) is 3.94. The summed E-state index contributed by atoms with van der Waals surface area (Å²) in [6.07, 6.45) is -4.62. The zero-order chi connectivity index (χ0) is 21.8. The van der Waals surface area contributed by atoms with Crippen LogP contribution in [0.4, 0.5) is 17.6 Å². The lowest BCUT2D eigenvalue weighted by atomic mass is 10.1. The summed E-state index contributed by atoms with van der Waals surface area (Å²) in [5.41, 5.74) is -0.417. The maximum absolute atomic E-state index is 13.4. The number of amidine groups is 1. The topological polar surface area (TPSA) is 80.9 Å². The van der Waals surface area contributed by atoms with E-state index >= 15 is 0 Å². The summed E-state index contributed by atoms with van der Waals surface area (Å²) in [5.74, 6) is 0.472. The number of alkyl halides is 4. The average Bonchev–Trinajstić information content (AvgIpc) is 3.25. The van der Waals surface area contributed by atoms with Crippen LogP contribution < -0.4 is 10.1 Å². The Morgan fingerprint density at radius 2 is 2.13 bits per heavy atom. The molecular weight excluding hydrogens is 494 g/mol. The van der Waals surface area contributed by atoms with Gasteiger partial charge in [0.2, 0.25) is 5.91 Å². The molecule has 1 aromatic carbocycles. The molecule has 2 heterocycles. The number of hydrogen-bond acceptors (Lipinski definition) is 6. The van der Waals surface area contributed by atoms with E-state index in [-0.39, 0.29) is 18.2 Å². The van der Waals surface area contributed by atoms with Gasteiger partial charge in [-0.3, -0.25) is 9.48 Å². The Hall–Kier alpha value is -2.41. The average molecular weight is 508 g/mol. The van der Waals surface area contributed by atoms with Crippen LogP contribution >= 0.6 is 27.7 Å². The van der Waals surface area contributed by atoms with Gasteiger partial charge < -0.3 is 10.1 Å². The lowest BCUT2D eigenvalue weighted by Gasteiger charge is -2.12. The van der Waals surface area contributed by atoms with Crippen molar-refractivity contribution in [3.63, 3.8) is 0 Å². The number of hydrogen-bond donors (Lipinski definition) is 1. The van der Waals surface area contributed by atoms with Gasteiger partial charge in [-0.15, -0.1) is 5.10 Å². The fourth-order valence-electron chi connectivity index (χ4n) is 2.63. The minimum absolute atomic E-state index is 0.163. The Morgan fingerprint density at radius 3 is 2.73 bits per heavy atom. The van der Waals surface area contributed by atoms with Crippen LogP contribution in [0.25, 0.3) is 0 Å². The lowest BCUT2D eigenvalue weighted by Crippen LogP contribution is -2.19. The second-order valence-corrected chi connectivity index (χ2v) is 7.66. The second-order valence-electron chi connectivity index (χ2n) is 5.90. The van der Waals surface area contributed by atoms with Crippen molar-refractivity contribution in [3.05, 3.63) is 45.2 Å². The summed E-state index contributed by atoms with van der Waals surface area (Å²) in [4.78, 5) is 11.1. The Bertz CT molecular complexity index is 1010. The van der Waals surface area contributed by atoms with Crippen LogP contribution in [-0.2, 0) is 11.3 Å². The molecule has 0 unspecified atom stereocenters. The predicted molar refractivity (Wildman–Crippen MR) is 108 cm³/mol. The number of methoxy groups -OCH3 is 1. The largest absolute Gasteiger partial charge is 0.496 e. The first-order chi connectivity index (χ1) is 14.3. The highest BCUT2D eigenvalue weighted by Gasteiger charge is 2.28. The molecule has 30 heavy (non-hydrogen) atoms. The molecule has 1 aliphatic heterocycles. The predicted octanol–water partition coefficient (Wildman–Crippen LogP) is 4.13. The van der Waals surface area contributed by atoms with Crippen LogP contribution in [0, 0.1) is 0 Å². The summed E-state index contributed by atoms with van der Waals surface area (Å²) in [6, 6.07) is 4.84. The molecule has 1 amide bonds. The maximum Gasteiger partial charge on any atom is 0.283 e. The molecule has 1 saturated heterocycles. The van der Waals surface area contributed by atoms with E-state index in [2.05, 4.69) is 36.5 Å². The van der Waals surface area contributed by atoms with E-state index in [0.29, 0.717) is 22.0 Å². The van der Waals surface area contributed by atoms with E-state index in [1.807, 2.05) is 0 Å². The third-order valence-corrected chi connectivity index (χ3v) is 5.61. The molecule has 2 aromatic rings. The van der Waals surface area contributed by atoms with Gasteiger partial charge in [-0.1, -0.05) is 11.8 Å². The molecule has 0 radical (unpaired) electrons. The highest BCUT2D eigenvalue weighted by molar-refractivity contribution is 9.10. The van der Waals surface area contributed by atoms with Gasteiger partial charge in [0.15, 0.2) is 5.17 Å². The summed E-state index contributed by atoms with van der Waals surface area (Å²) >= 11 is 4.01. The molecule has 0 spiro atoms. The van der Waals surface area contributed by atoms with Gasteiger partial charge in [0.25, 0.3) is 12.9 Å². The van der Waals surface area contributed by atoms with Gasteiger partial charge in [-0.05, 0) is 39.7 Å². The van der Waals surface area contributed by atoms with Crippen molar-refractivity contribution in [1.82, 2.24) is 15.1 Å². The van der Waals surface area contributed by atoms with Crippen molar-refractivity contribution >= 4 is 45.0 Å². The summed E-state index contributed by atoms with van der Waals surface area (Å²) in [6.45, 7) is -0.226. The Labute approximate surface area is 180 Å². The van der Waals surface area contributed by atoms with Gasteiger partial charge in [0.1, 0.15) is 17.1 Å². The Morgan fingerprint density at radius 1 is 1.37 bits per heavy atom. The molecule has 1 N–H and O–H groups in total. The minimum atomic E-state index is -3.01. The number of rotatable bonds is 7. The highest BCUT2D eigenvalue weighted by Crippen LogP contribution is 2.35. The fraction of sp³-hybridized carbons (Fsp3) is 0.294. The van der Waals surface area contributed by atoms with E-state index in [1.165, 1.54) is 25.1 Å². The molecule has 0 atom stereocenters. The highest BCUT2D eigenvalue weighted by atomic mass is 79.9. The summed E-state index contributed by atoms with van der Waals surface area (Å²) in [5, 5.41) is 14.3. The van der Waals surface area contributed by atoms with Crippen LogP contribution in [0.2, 0.25) is 0 Å². The van der Waals surface area contributed by atoms with E-state index < -0.39 is 28.7 Å². The maximum atomic E-state index is 13.4. The number of nitrogens with zero attached hydrogens (tertiary/aromatic N) is 4. The summed E-state index contributed by atoms with van der Waals surface area (Å²) in [7, 11) is 1.40. The quantitative estimate of drug-likeness (QED) is 0.347. The number of amides is 1. The van der Waals surface area contributed by atoms with Gasteiger partial charge in [-0.25, -0.2) is 17.6 Å². The molecule has 13 heteroatoms. The Balaban J connectivity index is 1.90. The van der Waals surface area contributed by atoms with E-state index in [4.69, 9.17) is 4.74 Å². The normalized spacial score (nSPS) is 15.7. The third kappa shape index (κ3) is 5.01. The zero-order valence-electron chi connectivity index (χ0n) is 15.3. The molecule has 160 valence electrons. The van der Waals surface area contributed by atoms with Crippen molar-refractivity contribution in [2.24, 2.45) is 10.2 Å². The van der Waals surface area contributed by atoms with Crippen molar-refractivity contribution in [1.29, 1.82) is 0 Å². The fourth-order valence-corrected chi connectivity index (χ4v) is 3.89. The van der Waals surface area contributed by atoms with Crippen LogP contribution in [-0.4, -0.2) is 39.9 Å². The number of thioether (sulfide) groups is 1. The number of benzene rings is 1. The SMILES string of the molecule is COc1ccc(C=NN=C2NC(=O)CS2)cc1Cn1nc(C(F)F)c(Br)c1C(F)F. The molecule has 1 aliphatic rings. The zero-order valence-corrected chi connectivity index (χ0v) is 17.7. The van der Waals surface area contributed by atoms with Crippen LogP contribution in [0.3, 0.4) is 0 Å². The van der Waals surface area contributed by atoms with Crippen LogP contribution in [0.15, 0.2) is 32.9 Å². The van der Waals surface area contributed by atoms with E-state index in [0.717, 1.165) is 4.68 Å². The second kappa shape index (κ2) is 9.60. The van der Waals surface area contributed by atoms with Crippen LogP contribution in [0.1, 0.15) is 35.4 Å². The number of nitrogens with one attached hydrogen (secondary N) is 1. The molecule has 1 fully saturated rings. The number of carbonyl (C=O) groups excluding carboxylic acids is 1. The first-order valence-electron chi connectivity index (χ1n) is 8.33. The molecule has 0 saturated carbocycles. The molecule has 7 nitrogen and oxygen atoms in total. The Kier molecular flexibility index (Phi) is 7.13. The molecule has 0 aliphatic carbocycles. The molecule has 0 bridgehead atoms. The molecule has 1 aromatic heterocycles. The van der Waals surface area contributed by atoms with Gasteiger partial charge in [-0.2, -0.15) is 10.2 Å². The van der Waals surface area contributed by atoms with E-state index in [1.54, 1.807) is 18.2 Å². The number of ether oxygens (including phenoxy) is 1. The minimum Gasteiger partial charge on any atom is -0.496 e. The van der Waals surface area contributed by atoms with Gasteiger partial charge in [0, 0.05) is 5.56 Å². The smallest absolute Gasteiger partial charge is 0.283 e. The van der Waals surface area contributed by atoms with Crippen molar-refractivity contribution in [2.75, 3.05) is 12.9 Å². The van der Waals surface area contributed by atoms with Gasteiger partial charge >= 0.3 is 0 Å². The lowest BCUT2D eigenvalue weighted by molar-refractivity contribution is -0.116. The van der Waals surface area contributed by atoms with Crippen molar-refractivity contribution in [3.8, 4) is 5.75 Å². The van der Waals surface area contributed by atoms with Crippen molar-refractivity contribution < 1.29 is 27.1 Å². The molecule has 3 rings (SSSR count). The first-order valence-corrected chi connectivity index (χ1v) is 10.1. The van der Waals surface area contributed by atoms with Crippen LogP contribution in [0.5, 0.6) is 5.75 Å². The number of halogens is 5. The van der Waals surface area contributed by atoms with Crippen molar-refractivity contribution in [2.45, 2.75) is 19.4 Å². The number of aromatic nitrogens is 2. The number of carbonyl (C=O) groups is 1. The van der Waals surface area contributed by atoms with Gasteiger partial charge in [0.05, 0.1) is 30.1 Å². The summed E-state index contributed by atoms with van der Waals surface area (Å²) < 4.78 is 58.7. The monoisotopic (exact) mass is 507 g/mol. The standard InChI is InChI=1S/C17H14BrF4N5O2S/c1-29-10-3-2-8(5-23-25-17-24-11(28)7-30-17)4-9(10)6-27-14(16(21)22)12(18)13(26-27)15(19)20/h2-5,15-16H,6-7H2,1H3,(H,24,25,28). The molecular formula is C17H14BrF4N5O2S. The first kappa shape index (κ1) is 22.3. The van der Waals surface area contributed by atoms with E-state index in [9.17, 15) is 22.4 Å².